The first kappa shape index (κ1) is 22.5. The van der Waals surface area contributed by atoms with E-state index in [1.165, 1.54) is 0 Å². The predicted molar refractivity (Wildman–Crippen MR) is 140 cm³/mol. The van der Waals surface area contributed by atoms with Crippen molar-refractivity contribution in [1.82, 2.24) is 0 Å². The lowest BCUT2D eigenvalue weighted by molar-refractivity contribution is 0.299. The molecular formula is C30H23O4P. The molecule has 5 rings (SSSR count). The Morgan fingerprint density at radius 1 is 0.400 bits per heavy atom. The molecule has 0 aliphatic heterocycles. The minimum absolute atomic E-state index is 0.380. The molecule has 5 aromatic carbocycles. The van der Waals surface area contributed by atoms with Crippen LogP contribution in [0, 0.1) is 0 Å². The van der Waals surface area contributed by atoms with Crippen LogP contribution in [0.4, 0.5) is 0 Å². The molecule has 0 unspecified atom stereocenters. The number of rotatable bonds is 8. The van der Waals surface area contributed by atoms with Gasteiger partial charge in [-0.15, -0.1) is 0 Å². The molecule has 0 saturated carbocycles. The summed E-state index contributed by atoms with van der Waals surface area (Å²) in [6.45, 7) is 0. The van der Waals surface area contributed by atoms with E-state index in [2.05, 4.69) is 0 Å². The van der Waals surface area contributed by atoms with E-state index < -0.39 is 7.82 Å². The Bertz CT molecular complexity index is 1350. The molecule has 5 heteroatoms. The molecule has 172 valence electrons. The van der Waals surface area contributed by atoms with E-state index in [9.17, 15) is 4.57 Å². The van der Waals surface area contributed by atoms with Crippen molar-refractivity contribution in [2.45, 2.75) is 0 Å². The highest BCUT2D eigenvalue weighted by Gasteiger charge is 2.35. The largest absolute Gasteiger partial charge is 0.647 e. The highest BCUT2D eigenvalue weighted by Crippen LogP contribution is 2.52. The van der Waals surface area contributed by atoms with Gasteiger partial charge in [-0.05, 0) is 35.4 Å². The van der Waals surface area contributed by atoms with Crippen molar-refractivity contribution in [2.24, 2.45) is 0 Å². The summed E-state index contributed by atoms with van der Waals surface area (Å²) in [5.74, 6) is 1.18. The fraction of sp³-hybridized carbons (Fsp3) is 0. The zero-order valence-electron chi connectivity index (χ0n) is 18.9. The van der Waals surface area contributed by atoms with E-state index in [1.807, 2.05) is 103 Å². The third-order valence-electron chi connectivity index (χ3n) is 5.32. The highest BCUT2D eigenvalue weighted by molar-refractivity contribution is 7.49. The summed E-state index contributed by atoms with van der Waals surface area (Å²) >= 11 is 0. The minimum atomic E-state index is -4.18. The van der Waals surface area contributed by atoms with Gasteiger partial charge in [-0.3, -0.25) is 0 Å². The summed E-state index contributed by atoms with van der Waals surface area (Å²) in [5.41, 5.74) is 3.42. The number of phosphoric acid groups is 1. The van der Waals surface area contributed by atoms with Gasteiger partial charge >= 0.3 is 7.82 Å². The standard InChI is InChI=1S/C30H23O4P/c31-35(32-26-18-8-3-9-19-26,33-29-22-12-10-20-27(29)24-14-4-1-5-15-24)34-30-23-13-11-21-28(30)25-16-6-2-7-17-25/h1-23H. The first-order chi connectivity index (χ1) is 17.2. The van der Waals surface area contributed by atoms with E-state index in [-0.39, 0.29) is 0 Å². The molecule has 0 aliphatic rings. The molecular weight excluding hydrogens is 455 g/mol. The van der Waals surface area contributed by atoms with Crippen LogP contribution < -0.4 is 13.6 Å². The zero-order valence-corrected chi connectivity index (χ0v) is 19.8. The van der Waals surface area contributed by atoms with Crippen LogP contribution in [0.2, 0.25) is 0 Å². The van der Waals surface area contributed by atoms with Gasteiger partial charge in [-0.1, -0.05) is 115 Å². The van der Waals surface area contributed by atoms with Crippen LogP contribution in [0.5, 0.6) is 17.2 Å². The van der Waals surface area contributed by atoms with Crippen molar-refractivity contribution >= 4 is 7.82 Å². The van der Waals surface area contributed by atoms with Gasteiger partial charge in [0.25, 0.3) is 0 Å². The van der Waals surface area contributed by atoms with Crippen LogP contribution in [0.3, 0.4) is 0 Å². The Labute approximate surface area is 205 Å². The van der Waals surface area contributed by atoms with Crippen LogP contribution in [0.1, 0.15) is 0 Å². The number of benzene rings is 5. The smallest absolute Gasteiger partial charge is 0.386 e. The van der Waals surface area contributed by atoms with E-state index in [0.29, 0.717) is 17.2 Å². The van der Waals surface area contributed by atoms with Crippen molar-refractivity contribution in [3.63, 3.8) is 0 Å². The molecule has 0 saturated heterocycles. The second-order valence-electron chi connectivity index (χ2n) is 7.76. The first-order valence-electron chi connectivity index (χ1n) is 11.2. The molecule has 0 N–H and O–H groups in total. The van der Waals surface area contributed by atoms with Crippen LogP contribution in [-0.2, 0) is 4.57 Å². The highest BCUT2D eigenvalue weighted by atomic mass is 31.2. The summed E-state index contributed by atoms with van der Waals surface area (Å²) in [6, 6.07) is 43.2. The van der Waals surface area contributed by atoms with Crippen molar-refractivity contribution < 1.29 is 18.1 Å². The molecule has 0 amide bonds. The van der Waals surface area contributed by atoms with Crippen LogP contribution in [-0.4, -0.2) is 0 Å². The Morgan fingerprint density at radius 2 is 0.771 bits per heavy atom. The van der Waals surface area contributed by atoms with Crippen molar-refractivity contribution in [1.29, 1.82) is 0 Å². The molecule has 0 aromatic heterocycles. The lowest BCUT2D eigenvalue weighted by Gasteiger charge is -2.22. The summed E-state index contributed by atoms with van der Waals surface area (Å²) in [4.78, 5) is 0. The summed E-state index contributed by atoms with van der Waals surface area (Å²) < 4.78 is 32.3. The van der Waals surface area contributed by atoms with Crippen molar-refractivity contribution in [3.05, 3.63) is 140 Å². The number of hydrogen-bond donors (Lipinski definition) is 0. The second kappa shape index (κ2) is 10.3. The topological polar surface area (TPSA) is 44.8 Å². The maximum Gasteiger partial charge on any atom is 0.647 e. The average molecular weight is 478 g/mol. The second-order valence-corrected chi connectivity index (χ2v) is 9.20. The van der Waals surface area contributed by atoms with Gasteiger partial charge in [0.1, 0.15) is 17.2 Å². The molecule has 0 spiro atoms. The molecule has 0 fully saturated rings. The number of para-hydroxylation sites is 3. The summed E-state index contributed by atoms with van der Waals surface area (Å²) in [7, 11) is -4.18. The van der Waals surface area contributed by atoms with Crippen molar-refractivity contribution in [3.8, 4) is 39.5 Å². The van der Waals surface area contributed by atoms with Crippen LogP contribution >= 0.6 is 7.82 Å². The van der Waals surface area contributed by atoms with E-state index in [1.54, 1.807) is 36.4 Å². The Hall–Kier alpha value is -4.27. The summed E-state index contributed by atoms with van der Waals surface area (Å²) in [6.07, 6.45) is 0. The van der Waals surface area contributed by atoms with E-state index >= 15 is 0 Å². The lowest BCUT2D eigenvalue weighted by Crippen LogP contribution is -2.08. The zero-order chi connectivity index (χ0) is 23.9. The van der Waals surface area contributed by atoms with Gasteiger partial charge < -0.3 is 13.6 Å². The van der Waals surface area contributed by atoms with Crippen LogP contribution in [0.25, 0.3) is 22.3 Å². The maximum atomic E-state index is 14.2. The first-order valence-corrected chi connectivity index (χ1v) is 12.7. The Balaban J connectivity index is 1.55. The Morgan fingerprint density at radius 3 is 1.23 bits per heavy atom. The predicted octanol–water partition coefficient (Wildman–Crippen LogP) is 8.67. The van der Waals surface area contributed by atoms with Gasteiger partial charge in [0, 0.05) is 11.1 Å². The molecule has 0 atom stereocenters. The molecule has 0 aliphatic carbocycles. The van der Waals surface area contributed by atoms with E-state index in [0.717, 1.165) is 22.3 Å². The molecule has 0 radical (unpaired) electrons. The fourth-order valence-electron chi connectivity index (χ4n) is 3.71. The van der Waals surface area contributed by atoms with E-state index in [4.69, 9.17) is 13.6 Å². The average Bonchev–Trinajstić information content (AvgIpc) is 2.91. The number of phosphoric ester groups is 1. The molecule has 35 heavy (non-hydrogen) atoms. The van der Waals surface area contributed by atoms with Gasteiger partial charge in [0.2, 0.25) is 0 Å². The number of hydrogen-bond acceptors (Lipinski definition) is 4. The normalized spacial score (nSPS) is 11.0. The SMILES string of the molecule is O=P(Oc1ccccc1)(Oc1ccccc1-c1ccccc1)Oc1ccccc1-c1ccccc1. The maximum absolute atomic E-state index is 14.2. The fourth-order valence-corrected chi connectivity index (χ4v) is 5.00. The van der Waals surface area contributed by atoms with Gasteiger partial charge in [0.05, 0.1) is 0 Å². The molecule has 0 bridgehead atoms. The molecule has 5 aromatic rings. The third-order valence-corrected chi connectivity index (χ3v) is 6.60. The third kappa shape index (κ3) is 5.46. The Kier molecular flexibility index (Phi) is 6.65. The monoisotopic (exact) mass is 478 g/mol. The molecule has 4 nitrogen and oxygen atoms in total. The van der Waals surface area contributed by atoms with Crippen molar-refractivity contribution in [2.75, 3.05) is 0 Å². The van der Waals surface area contributed by atoms with Gasteiger partial charge in [-0.25, -0.2) is 0 Å². The quantitative estimate of drug-likeness (QED) is 0.209. The lowest BCUT2D eigenvalue weighted by atomic mass is 10.1. The summed E-state index contributed by atoms with van der Waals surface area (Å²) in [5, 5.41) is 0. The van der Waals surface area contributed by atoms with Gasteiger partial charge in [-0.2, -0.15) is 4.57 Å². The van der Waals surface area contributed by atoms with Crippen LogP contribution in [0.15, 0.2) is 140 Å². The minimum Gasteiger partial charge on any atom is -0.386 e. The van der Waals surface area contributed by atoms with Gasteiger partial charge in [0.15, 0.2) is 0 Å². The molecule has 0 heterocycles.